The SMILES string of the molecule is COc1ccc(C(F)(F)F)cc1CNC1C(CCO)CNC1c1ccccc1. The molecule has 7 heteroatoms. The highest BCUT2D eigenvalue weighted by Gasteiger charge is 2.36. The summed E-state index contributed by atoms with van der Waals surface area (Å²) < 4.78 is 44.5. The molecule has 3 atom stereocenters. The van der Waals surface area contributed by atoms with Gasteiger partial charge in [-0.05, 0) is 36.1 Å². The number of nitrogens with one attached hydrogen (secondary N) is 2. The van der Waals surface area contributed by atoms with Gasteiger partial charge in [0.05, 0.1) is 12.7 Å². The lowest BCUT2D eigenvalue weighted by atomic mass is 9.91. The summed E-state index contributed by atoms with van der Waals surface area (Å²) in [5.74, 6) is 0.591. The molecule has 3 N–H and O–H groups in total. The van der Waals surface area contributed by atoms with E-state index in [1.165, 1.54) is 13.2 Å². The number of alkyl halides is 3. The highest BCUT2D eigenvalue weighted by atomic mass is 19.4. The van der Waals surface area contributed by atoms with E-state index in [1.807, 2.05) is 30.3 Å². The fraction of sp³-hybridized carbons (Fsp3) is 0.429. The highest BCUT2D eigenvalue weighted by molar-refractivity contribution is 5.38. The second-order valence-electron chi connectivity index (χ2n) is 7.00. The molecule has 1 saturated heterocycles. The van der Waals surface area contributed by atoms with Gasteiger partial charge in [-0.25, -0.2) is 0 Å². The van der Waals surface area contributed by atoms with Crippen LogP contribution in [0.25, 0.3) is 0 Å². The van der Waals surface area contributed by atoms with Crippen molar-refractivity contribution in [1.29, 1.82) is 0 Å². The lowest BCUT2D eigenvalue weighted by Crippen LogP contribution is -2.38. The molecular weight excluding hydrogens is 369 g/mol. The van der Waals surface area contributed by atoms with Gasteiger partial charge in [-0.2, -0.15) is 13.2 Å². The topological polar surface area (TPSA) is 53.5 Å². The van der Waals surface area contributed by atoms with Gasteiger partial charge in [0.2, 0.25) is 0 Å². The Hall–Kier alpha value is -2.09. The third kappa shape index (κ3) is 4.66. The molecule has 0 aliphatic carbocycles. The molecule has 1 aliphatic rings. The number of aliphatic hydroxyl groups excluding tert-OH is 1. The molecule has 2 aromatic rings. The standard InChI is InChI=1S/C21H25F3N2O2/c1-28-18-8-7-17(21(22,23)24)11-16(18)13-26-20-15(9-10-27)12-25-19(20)14-5-3-2-4-6-14/h2-8,11,15,19-20,25-27H,9-10,12-13H2,1H3. The number of hydrogen-bond acceptors (Lipinski definition) is 4. The first-order valence-electron chi connectivity index (χ1n) is 9.30. The first-order chi connectivity index (χ1) is 13.4. The second-order valence-corrected chi connectivity index (χ2v) is 7.00. The van der Waals surface area contributed by atoms with E-state index in [0.29, 0.717) is 17.7 Å². The molecule has 2 aromatic carbocycles. The van der Waals surface area contributed by atoms with Gasteiger partial charge in [0, 0.05) is 37.3 Å². The maximum Gasteiger partial charge on any atom is 0.416 e. The third-order valence-corrected chi connectivity index (χ3v) is 5.26. The highest BCUT2D eigenvalue weighted by Crippen LogP contribution is 2.34. The van der Waals surface area contributed by atoms with Crippen LogP contribution in [0, 0.1) is 5.92 Å². The minimum Gasteiger partial charge on any atom is -0.496 e. The molecule has 4 nitrogen and oxygen atoms in total. The van der Waals surface area contributed by atoms with Crippen molar-refractivity contribution in [3.63, 3.8) is 0 Å². The Morgan fingerprint density at radius 1 is 1.18 bits per heavy atom. The van der Waals surface area contributed by atoms with Gasteiger partial charge in [0.1, 0.15) is 5.75 Å². The summed E-state index contributed by atoms with van der Waals surface area (Å²) in [6, 6.07) is 13.4. The van der Waals surface area contributed by atoms with Gasteiger partial charge >= 0.3 is 6.18 Å². The Morgan fingerprint density at radius 3 is 2.57 bits per heavy atom. The molecule has 1 heterocycles. The molecule has 3 unspecified atom stereocenters. The number of hydrogen-bond donors (Lipinski definition) is 3. The second kappa shape index (κ2) is 8.94. The third-order valence-electron chi connectivity index (χ3n) is 5.26. The number of halogens is 3. The average molecular weight is 394 g/mol. The fourth-order valence-electron chi connectivity index (χ4n) is 3.84. The van der Waals surface area contributed by atoms with E-state index in [9.17, 15) is 18.3 Å². The summed E-state index contributed by atoms with van der Waals surface area (Å²) in [4.78, 5) is 0. The zero-order valence-electron chi connectivity index (χ0n) is 15.7. The van der Waals surface area contributed by atoms with Gasteiger partial charge < -0.3 is 20.5 Å². The lowest BCUT2D eigenvalue weighted by Gasteiger charge is -2.26. The maximum atomic E-state index is 13.1. The van der Waals surface area contributed by atoms with Crippen LogP contribution in [0.5, 0.6) is 5.75 Å². The number of ether oxygens (including phenoxy) is 1. The Morgan fingerprint density at radius 2 is 1.93 bits per heavy atom. The van der Waals surface area contributed by atoms with Crippen LogP contribution in [0.3, 0.4) is 0 Å². The number of rotatable bonds is 7. The van der Waals surface area contributed by atoms with Crippen LogP contribution < -0.4 is 15.4 Å². The first-order valence-corrected chi connectivity index (χ1v) is 9.30. The van der Waals surface area contributed by atoms with Crippen LogP contribution in [0.2, 0.25) is 0 Å². The monoisotopic (exact) mass is 394 g/mol. The van der Waals surface area contributed by atoms with E-state index in [1.54, 1.807) is 0 Å². The summed E-state index contributed by atoms with van der Waals surface area (Å²) in [7, 11) is 1.45. The zero-order chi connectivity index (χ0) is 20.1. The van der Waals surface area contributed by atoms with E-state index in [4.69, 9.17) is 4.74 Å². The molecule has 0 aromatic heterocycles. The quantitative estimate of drug-likeness (QED) is 0.673. The Kier molecular flexibility index (Phi) is 6.59. The Labute approximate surface area is 162 Å². The van der Waals surface area contributed by atoms with Crippen molar-refractivity contribution in [3.8, 4) is 5.75 Å². The van der Waals surface area contributed by atoms with Crippen LogP contribution >= 0.6 is 0 Å². The normalized spacial score (nSPS) is 22.4. The van der Waals surface area contributed by atoms with Crippen LogP contribution in [-0.4, -0.2) is 31.4 Å². The van der Waals surface area contributed by atoms with Crippen molar-refractivity contribution in [1.82, 2.24) is 10.6 Å². The predicted molar refractivity (Wildman–Crippen MR) is 101 cm³/mol. The summed E-state index contributed by atoms with van der Waals surface area (Å²) in [6.45, 7) is 1.04. The van der Waals surface area contributed by atoms with Crippen molar-refractivity contribution >= 4 is 0 Å². The number of aliphatic hydroxyl groups is 1. The predicted octanol–water partition coefficient (Wildman–Crippen LogP) is 3.52. The van der Waals surface area contributed by atoms with Gasteiger partial charge in [0.25, 0.3) is 0 Å². The van der Waals surface area contributed by atoms with Crippen LogP contribution in [0.1, 0.15) is 29.2 Å². The minimum absolute atomic E-state index is 0.0196. The van der Waals surface area contributed by atoms with Crippen molar-refractivity contribution in [2.75, 3.05) is 20.3 Å². The average Bonchev–Trinajstić information content (AvgIpc) is 3.09. The van der Waals surface area contributed by atoms with Crippen LogP contribution in [-0.2, 0) is 12.7 Å². The fourth-order valence-corrected chi connectivity index (χ4v) is 3.84. The molecule has 152 valence electrons. The van der Waals surface area contributed by atoms with E-state index >= 15 is 0 Å². The largest absolute Gasteiger partial charge is 0.496 e. The number of benzene rings is 2. The maximum absolute atomic E-state index is 13.1. The van der Waals surface area contributed by atoms with Gasteiger partial charge in [-0.3, -0.25) is 0 Å². The van der Waals surface area contributed by atoms with E-state index in [-0.39, 0.29) is 31.2 Å². The van der Waals surface area contributed by atoms with Gasteiger partial charge in [0.15, 0.2) is 0 Å². The summed E-state index contributed by atoms with van der Waals surface area (Å²) >= 11 is 0. The molecule has 28 heavy (non-hydrogen) atoms. The van der Waals surface area contributed by atoms with Crippen LogP contribution in [0.15, 0.2) is 48.5 Å². The first kappa shape index (κ1) is 20.6. The molecule has 0 amide bonds. The Bertz CT molecular complexity index is 768. The molecule has 3 rings (SSSR count). The van der Waals surface area contributed by atoms with Crippen molar-refractivity contribution in [2.24, 2.45) is 5.92 Å². The van der Waals surface area contributed by atoms with E-state index in [2.05, 4.69) is 10.6 Å². The number of methoxy groups -OCH3 is 1. The van der Waals surface area contributed by atoms with E-state index < -0.39 is 11.7 Å². The summed E-state index contributed by atoms with van der Waals surface area (Å²) in [6.07, 6.45) is -3.78. The van der Waals surface area contributed by atoms with E-state index in [0.717, 1.165) is 24.2 Å². The molecule has 0 saturated carbocycles. The van der Waals surface area contributed by atoms with Crippen molar-refractivity contribution < 1.29 is 23.0 Å². The van der Waals surface area contributed by atoms with Crippen molar-refractivity contribution in [3.05, 3.63) is 65.2 Å². The molecule has 0 spiro atoms. The summed E-state index contributed by atoms with van der Waals surface area (Å²) in [5.41, 5.74) is 0.872. The molecule has 1 fully saturated rings. The van der Waals surface area contributed by atoms with Crippen molar-refractivity contribution in [2.45, 2.75) is 31.2 Å². The molecule has 0 radical (unpaired) electrons. The minimum atomic E-state index is -4.40. The molecule has 1 aliphatic heterocycles. The lowest BCUT2D eigenvalue weighted by molar-refractivity contribution is -0.137. The summed E-state index contributed by atoms with van der Waals surface area (Å²) in [5, 5.41) is 16.3. The smallest absolute Gasteiger partial charge is 0.416 e. The van der Waals surface area contributed by atoms with Gasteiger partial charge in [-0.15, -0.1) is 0 Å². The van der Waals surface area contributed by atoms with Crippen LogP contribution in [0.4, 0.5) is 13.2 Å². The molecule has 0 bridgehead atoms. The Balaban J connectivity index is 1.81. The zero-order valence-corrected chi connectivity index (χ0v) is 15.7. The molecular formula is C21H25F3N2O2. The van der Waals surface area contributed by atoms with Gasteiger partial charge in [-0.1, -0.05) is 30.3 Å².